The van der Waals surface area contributed by atoms with E-state index < -0.39 is 5.97 Å². The fourth-order valence-electron chi connectivity index (χ4n) is 4.72. The number of halogens is 1. The number of hydrogen-bond donors (Lipinski definition) is 2. The number of aryl methyl sites for hydroxylation is 2. The zero-order valence-corrected chi connectivity index (χ0v) is 23.4. The van der Waals surface area contributed by atoms with Gasteiger partial charge in [-0.15, -0.1) is 16.4 Å². The van der Waals surface area contributed by atoms with Crippen LogP contribution in [0, 0.1) is 25.2 Å². The molecule has 1 aliphatic rings. The van der Waals surface area contributed by atoms with Crippen LogP contribution >= 0.6 is 34.7 Å². The van der Waals surface area contributed by atoms with Gasteiger partial charge in [-0.1, -0.05) is 11.6 Å². The summed E-state index contributed by atoms with van der Waals surface area (Å²) < 4.78 is 7.45. The highest BCUT2D eigenvalue weighted by atomic mass is 35.5. The molecule has 0 saturated heterocycles. The molecule has 4 aromatic rings. The number of nitrogens with one attached hydrogen (secondary N) is 1. The minimum atomic E-state index is -1.09. The van der Waals surface area contributed by atoms with Crippen LogP contribution in [0.5, 0.6) is 5.75 Å². The molecule has 1 aliphatic carbocycles. The Hall–Kier alpha value is -3.52. The Morgan fingerprint density at radius 2 is 2.11 bits per heavy atom. The van der Waals surface area contributed by atoms with E-state index in [4.69, 9.17) is 16.3 Å². The summed E-state index contributed by atoms with van der Waals surface area (Å²) in [4.78, 5) is 18.0. The molecule has 0 spiro atoms. The molecule has 3 heterocycles. The molecular formula is C27H24ClN5O3S2. The first-order chi connectivity index (χ1) is 18.3. The van der Waals surface area contributed by atoms with E-state index in [0.29, 0.717) is 22.2 Å². The third-order valence-corrected chi connectivity index (χ3v) is 8.91. The van der Waals surface area contributed by atoms with Gasteiger partial charge >= 0.3 is 5.97 Å². The number of hydrogen-bond acceptors (Lipinski definition) is 7. The number of aliphatic carboxylic acids is 1. The standard InChI is InChI=1S/C27H24ClN5O3S2/c1-14-10-16(15(2)33(14)25-20(13-29)18-6-4-5-7-22(18)37-25)11-23(26(34)35)38-27-30-24(31-32-27)19-12-17(28)8-9-21(19)36-3/h8-12H,4-7H2,1-3H3,(H,34,35)(H,30,31,32)/b23-11-. The highest BCUT2D eigenvalue weighted by molar-refractivity contribution is 8.04. The van der Waals surface area contributed by atoms with Gasteiger partial charge in [0.1, 0.15) is 21.7 Å². The summed E-state index contributed by atoms with van der Waals surface area (Å²) in [5.41, 5.74) is 5.09. The molecule has 5 rings (SSSR count). The summed E-state index contributed by atoms with van der Waals surface area (Å²) >= 11 is 8.76. The number of carboxylic acid groups (broad SMARTS) is 1. The predicted molar refractivity (Wildman–Crippen MR) is 149 cm³/mol. The van der Waals surface area contributed by atoms with Crippen LogP contribution < -0.4 is 4.74 Å². The Balaban J connectivity index is 1.49. The number of carbonyl (C=O) groups is 1. The van der Waals surface area contributed by atoms with E-state index in [-0.39, 0.29) is 10.1 Å². The van der Waals surface area contributed by atoms with E-state index in [9.17, 15) is 15.2 Å². The van der Waals surface area contributed by atoms with E-state index in [1.165, 1.54) is 10.4 Å². The smallest absolute Gasteiger partial charge is 0.342 e. The number of aromatic nitrogens is 4. The van der Waals surface area contributed by atoms with Gasteiger partial charge in [-0.05, 0) is 92.8 Å². The normalized spacial score (nSPS) is 13.3. The summed E-state index contributed by atoms with van der Waals surface area (Å²) in [5, 5.41) is 28.6. The first kappa shape index (κ1) is 26.1. The van der Waals surface area contributed by atoms with Crippen molar-refractivity contribution in [1.82, 2.24) is 19.7 Å². The predicted octanol–water partition coefficient (Wildman–Crippen LogP) is 6.57. The zero-order valence-electron chi connectivity index (χ0n) is 21.0. The number of nitrogens with zero attached hydrogens (tertiary/aromatic N) is 4. The number of fused-ring (bicyclic) bond motifs is 1. The minimum absolute atomic E-state index is 0.0693. The van der Waals surface area contributed by atoms with Crippen LogP contribution in [0.3, 0.4) is 0 Å². The quantitative estimate of drug-likeness (QED) is 0.192. The van der Waals surface area contributed by atoms with E-state index in [2.05, 4.69) is 25.8 Å². The maximum absolute atomic E-state index is 12.2. The Morgan fingerprint density at radius 1 is 1.32 bits per heavy atom. The molecular weight excluding hydrogens is 542 g/mol. The first-order valence-electron chi connectivity index (χ1n) is 11.9. The molecule has 194 valence electrons. The van der Waals surface area contributed by atoms with Crippen LogP contribution in [-0.4, -0.2) is 37.9 Å². The zero-order chi connectivity index (χ0) is 27.0. The van der Waals surface area contributed by atoms with E-state index in [1.807, 2.05) is 19.9 Å². The van der Waals surface area contributed by atoms with Gasteiger partial charge in [-0.2, -0.15) is 5.26 Å². The van der Waals surface area contributed by atoms with Crippen LogP contribution in [0.1, 0.15) is 45.8 Å². The number of carboxylic acids is 1. The highest BCUT2D eigenvalue weighted by Gasteiger charge is 2.24. The number of thiophene rings is 1. The number of benzene rings is 1. The average molecular weight is 566 g/mol. The van der Waals surface area contributed by atoms with Crippen LogP contribution in [0.15, 0.2) is 34.3 Å². The maximum atomic E-state index is 12.2. The summed E-state index contributed by atoms with van der Waals surface area (Å²) in [6.45, 7) is 3.91. The van der Waals surface area contributed by atoms with Crippen molar-refractivity contribution < 1.29 is 14.6 Å². The van der Waals surface area contributed by atoms with Crippen molar-refractivity contribution in [1.29, 1.82) is 5.26 Å². The molecule has 2 N–H and O–H groups in total. The van der Waals surface area contributed by atoms with Crippen LogP contribution in [0.2, 0.25) is 5.02 Å². The second-order valence-electron chi connectivity index (χ2n) is 8.89. The second-order valence-corrected chi connectivity index (χ2v) is 11.4. The molecule has 8 nitrogen and oxygen atoms in total. The highest BCUT2D eigenvalue weighted by Crippen LogP contribution is 2.39. The Kier molecular flexibility index (Phi) is 7.34. The molecule has 3 aromatic heterocycles. The van der Waals surface area contributed by atoms with E-state index in [1.54, 1.807) is 42.7 Å². The fraction of sp³-hybridized carbons (Fsp3) is 0.259. The Labute approximate surface area is 232 Å². The largest absolute Gasteiger partial charge is 0.496 e. The van der Waals surface area contributed by atoms with Gasteiger partial charge in [0.2, 0.25) is 5.16 Å². The number of rotatable bonds is 7. The van der Waals surface area contributed by atoms with Crippen molar-refractivity contribution in [3.63, 3.8) is 0 Å². The summed E-state index contributed by atoms with van der Waals surface area (Å²) in [5.74, 6) is -0.105. The van der Waals surface area contributed by atoms with Gasteiger partial charge in [0.25, 0.3) is 0 Å². The Bertz CT molecular complexity index is 1630. The lowest BCUT2D eigenvalue weighted by molar-refractivity contribution is -0.131. The van der Waals surface area contributed by atoms with Crippen LogP contribution in [0.25, 0.3) is 22.5 Å². The van der Waals surface area contributed by atoms with Gasteiger partial charge in [-0.3, -0.25) is 5.10 Å². The minimum Gasteiger partial charge on any atom is -0.496 e. The van der Waals surface area contributed by atoms with Gasteiger partial charge in [0.15, 0.2) is 5.82 Å². The SMILES string of the molecule is COc1ccc(Cl)cc1-c1nc(S/C(=C\c2cc(C)n(-c3sc4c(c3C#N)CCCC4)c2C)C(=O)O)n[nH]1. The molecule has 0 amide bonds. The van der Waals surface area contributed by atoms with E-state index >= 15 is 0 Å². The molecule has 0 bridgehead atoms. The number of thioether (sulfide) groups is 1. The molecule has 0 radical (unpaired) electrons. The molecule has 0 aliphatic heterocycles. The van der Waals surface area contributed by atoms with Crippen LogP contribution in [-0.2, 0) is 17.6 Å². The molecule has 0 unspecified atom stereocenters. The fourth-order valence-corrected chi connectivity index (χ4v) is 7.04. The second kappa shape index (κ2) is 10.7. The van der Waals surface area contributed by atoms with Crippen LogP contribution in [0.4, 0.5) is 0 Å². The number of aromatic amines is 1. The van der Waals surface area contributed by atoms with Gasteiger partial charge in [-0.25, -0.2) is 9.78 Å². The van der Waals surface area contributed by atoms with Gasteiger partial charge in [0, 0.05) is 21.3 Å². The lowest BCUT2D eigenvalue weighted by Gasteiger charge is -2.10. The number of H-pyrrole nitrogens is 1. The van der Waals surface area contributed by atoms with Gasteiger partial charge in [0.05, 0.1) is 18.2 Å². The first-order valence-corrected chi connectivity index (χ1v) is 13.9. The summed E-state index contributed by atoms with van der Waals surface area (Å²) in [7, 11) is 1.55. The van der Waals surface area contributed by atoms with Crippen molar-refractivity contribution in [3.05, 3.63) is 67.1 Å². The summed E-state index contributed by atoms with van der Waals surface area (Å²) in [6, 6.07) is 9.51. The lowest BCUT2D eigenvalue weighted by atomic mass is 9.96. The molecule has 0 fully saturated rings. The molecule has 0 atom stereocenters. The number of methoxy groups -OCH3 is 1. The van der Waals surface area contributed by atoms with E-state index in [0.717, 1.165) is 65.0 Å². The maximum Gasteiger partial charge on any atom is 0.342 e. The average Bonchev–Trinajstić information content (AvgIpc) is 3.58. The van der Waals surface area contributed by atoms with Crippen molar-refractivity contribution in [3.8, 4) is 28.2 Å². The number of ether oxygens (including phenoxy) is 1. The van der Waals surface area contributed by atoms with Crippen molar-refractivity contribution in [2.75, 3.05) is 7.11 Å². The third kappa shape index (κ3) is 4.85. The molecule has 11 heteroatoms. The Morgan fingerprint density at radius 3 is 2.84 bits per heavy atom. The van der Waals surface area contributed by atoms with Gasteiger partial charge < -0.3 is 14.4 Å². The molecule has 1 aromatic carbocycles. The lowest BCUT2D eigenvalue weighted by Crippen LogP contribution is -2.02. The molecule has 0 saturated carbocycles. The summed E-state index contributed by atoms with van der Waals surface area (Å²) in [6.07, 6.45) is 5.80. The van der Waals surface area contributed by atoms with Crippen molar-refractivity contribution >= 4 is 46.7 Å². The molecule has 38 heavy (non-hydrogen) atoms. The van der Waals surface area contributed by atoms with Crippen molar-refractivity contribution in [2.24, 2.45) is 0 Å². The monoisotopic (exact) mass is 565 g/mol. The number of nitriles is 1. The van der Waals surface area contributed by atoms with Crippen molar-refractivity contribution in [2.45, 2.75) is 44.7 Å². The topological polar surface area (TPSA) is 117 Å². The third-order valence-electron chi connectivity index (χ3n) is 6.52.